The first-order chi connectivity index (χ1) is 26.8. The number of benzene rings is 9. The molecule has 2 aliphatic rings. The molecule has 0 radical (unpaired) electrons. The highest BCUT2D eigenvalue weighted by molar-refractivity contribution is 6.09. The average molecular weight is 685 g/mol. The molecule has 250 valence electrons. The van der Waals surface area contributed by atoms with Gasteiger partial charge in [0.25, 0.3) is 0 Å². The highest BCUT2D eigenvalue weighted by Gasteiger charge is 2.53. The summed E-state index contributed by atoms with van der Waals surface area (Å²) in [5, 5.41) is 5.14. The van der Waals surface area contributed by atoms with Crippen molar-refractivity contribution in [3.8, 4) is 50.5 Å². The van der Waals surface area contributed by atoms with Gasteiger partial charge in [0.2, 0.25) is 0 Å². The van der Waals surface area contributed by atoms with E-state index in [1.807, 2.05) is 0 Å². The molecule has 0 bridgehead atoms. The third-order valence-electron chi connectivity index (χ3n) is 12.0. The topological polar surface area (TPSA) is 17.8 Å². The van der Waals surface area contributed by atoms with Gasteiger partial charge >= 0.3 is 0 Å². The molecule has 0 saturated heterocycles. The lowest BCUT2D eigenvalue weighted by molar-refractivity contribution is 0.809. The molecule has 9 aromatic carbocycles. The SMILES string of the molecule is c1ccc(-c2nc3ccccc3n2-c2cccc(-c3ccc4c5c(ccc4c3)-c3ccc4ccccc4c3C53c4ccccc4-c4ccccc43)c2)cc1. The zero-order valence-corrected chi connectivity index (χ0v) is 29.4. The molecule has 0 fully saturated rings. The lowest BCUT2D eigenvalue weighted by Gasteiger charge is -2.32. The van der Waals surface area contributed by atoms with E-state index in [1.165, 1.54) is 77.2 Å². The van der Waals surface area contributed by atoms with E-state index in [2.05, 4.69) is 199 Å². The fourth-order valence-corrected chi connectivity index (χ4v) is 9.83. The largest absolute Gasteiger partial charge is 0.292 e. The van der Waals surface area contributed by atoms with E-state index in [9.17, 15) is 0 Å². The average Bonchev–Trinajstić information content (AvgIpc) is 3.88. The predicted octanol–water partition coefficient (Wildman–Crippen LogP) is 13.0. The van der Waals surface area contributed by atoms with Crippen molar-refractivity contribution in [2.24, 2.45) is 0 Å². The minimum absolute atomic E-state index is 0.435. The van der Waals surface area contributed by atoms with Crippen LogP contribution in [0, 0.1) is 0 Å². The van der Waals surface area contributed by atoms with Crippen LogP contribution in [-0.4, -0.2) is 9.55 Å². The highest BCUT2D eigenvalue weighted by atomic mass is 15.1. The molecular formula is C52H32N2. The molecule has 0 amide bonds. The smallest absolute Gasteiger partial charge is 0.145 e. The van der Waals surface area contributed by atoms with Crippen LogP contribution in [0.15, 0.2) is 194 Å². The fourth-order valence-electron chi connectivity index (χ4n) is 9.83. The maximum Gasteiger partial charge on any atom is 0.145 e. The molecule has 54 heavy (non-hydrogen) atoms. The third kappa shape index (κ3) is 3.87. The van der Waals surface area contributed by atoms with Crippen LogP contribution >= 0.6 is 0 Å². The van der Waals surface area contributed by atoms with Crippen LogP contribution in [0.2, 0.25) is 0 Å². The number of nitrogens with zero attached hydrogens (tertiary/aromatic N) is 2. The first kappa shape index (κ1) is 29.5. The molecule has 1 aromatic heterocycles. The predicted molar refractivity (Wildman–Crippen MR) is 223 cm³/mol. The summed E-state index contributed by atoms with van der Waals surface area (Å²) < 4.78 is 2.29. The van der Waals surface area contributed by atoms with Gasteiger partial charge in [-0.2, -0.15) is 0 Å². The van der Waals surface area contributed by atoms with Gasteiger partial charge in [0, 0.05) is 11.3 Å². The maximum absolute atomic E-state index is 5.10. The summed E-state index contributed by atoms with van der Waals surface area (Å²) >= 11 is 0. The van der Waals surface area contributed by atoms with Crippen LogP contribution in [0.1, 0.15) is 22.3 Å². The Labute approximate surface area is 313 Å². The van der Waals surface area contributed by atoms with Crippen LogP contribution in [0.4, 0.5) is 0 Å². The summed E-state index contributed by atoms with van der Waals surface area (Å²) in [6, 6.07) is 71.4. The molecule has 2 nitrogen and oxygen atoms in total. The summed E-state index contributed by atoms with van der Waals surface area (Å²) in [6.07, 6.45) is 0. The van der Waals surface area contributed by atoms with Gasteiger partial charge in [-0.1, -0.05) is 164 Å². The Bertz CT molecular complexity index is 3120. The lowest BCUT2D eigenvalue weighted by Crippen LogP contribution is -2.26. The molecule has 2 heteroatoms. The van der Waals surface area contributed by atoms with Crippen molar-refractivity contribution >= 4 is 32.6 Å². The molecule has 0 atom stereocenters. The Morgan fingerprint density at radius 3 is 1.80 bits per heavy atom. The standard InChI is InChI=1S/C52H32N2/c1-2-14-34(15-3-1)51-53-47-23-10-11-24-48(47)54(51)38-17-12-16-35(32-38)36-26-28-40-37(31-36)27-30-44-43-29-25-33-13-4-5-18-39(33)49(43)52(50(40)44)45-21-8-6-19-41(45)42-20-7-9-22-46(42)52/h1-32H. The molecule has 0 N–H and O–H groups in total. The van der Waals surface area contributed by atoms with E-state index in [-0.39, 0.29) is 0 Å². The zero-order chi connectivity index (χ0) is 35.4. The summed E-state index contributed by atoms with van der Waals surface area (Å²) in [6.45, 7) is 0. The molecule has 1 spiro atoms. The molecule has 0 aliphatic heterocycles. The van der Waals surface area contributed by atoms with Crippen LogP contribution < -0.4 is 0 Å². The normalized spacial score (nSPS) is 13.3. The number of aromatic nitrogens is 2. The zero-order valence-electron chi connectivity index (χ0n) is 29.4. The van der Waals surface area contributed by atoms with E-state index < -0.39 is 5.41 Å². The second-order valence-corrected chi connectivity index (χ2v) is 14.7. The van der Waals surface area contributed by atoms with Gasteiger partial charge in [0.15, 0.2) is 0 Å². The molecule has 0 saturated carbocycles. The monoisotopic (exact) mass is 684 g/mol. The minimum Gasteiger partial charge on any atom is -0.292 e. The number of hydrogen-bond donors (Lipinski definition) is 0. The van der Waals surface area contributed by atoms with Crippen LogP contribution in [-0.2, 0) is 5.41 Å². The van der Waals surface area contributed by atoms with Crippen LogP contribution in [0.3, 0.4) is 0 Å². The fraction of sp³-hybridized carbons (Fsp3) is 0.0192. The maximum atomic E-state index is 5.10. The van der Waals surface area contributed by atoms with E-state index >= 15 is 0 Å². The van der Waals surface area contributed by atoms with Gasteiger partial charge in [-0.15, -0.1) is 0 Å². The van der Waals surface area contributed by atoms with Crippen molar-refractivity contribution in [3.05, 3.63) is 216 Å². The van der Waals surface area contributed by atoms with Crippen molar-refractivity contribution in [1.82, 2.24) is 9.55 Å². The number of imidazole rings is 1. The molecule has 1 heterocycles. The summed E-state index contributed by atoms with van der Waals surface area (Å²) in [7, 11) is 0. The van der Waals surface area contributed by atoms with Gasteiger partial charge < -0.3 is 0 Å². The number of rotatable bonds is 3. The molecule has 2 aliphatic carbocycles. The second kappa shape index (κ2) is 11.0. The minimum atomic E-state index is -0.435. The van der Waals surface area contributed by atoms with E-state index in [1.54, 1.807) is 0 Å². The first-order valence-corrected chi connectivity index (χ1v) is 18.7. The van der Waals surface area contributed by atoms with Crippen LogP contribution in [0.25, 0.3) is 83.0 Å². The number of para-hydroxylation sites is 2. The third-order valence-corrected chi connectivity index (χ3v) is 12.0. The van der Waals surface area contributed by atoms with Gasteiger partial charge in [0.1, 0.15) is 5.82 Å². The van der Waals surface area contributed by atoms with Crippen molar-refractivity contribution in [3.63, 3.8) is 0 Å². The molecule has 12 rings (SSSR count). The molecule has 10 aromatic rings. The van der Waals surface area contributed by atoms with Crippen LogP contribution in [0.5, 0.6) is 0 Å². The number of hydrogen-bond acceptors (Lipinski definition) is 1. The summed E-state index contributed by atoms with van der Waals surface area (Å²) in [5.74, 6) is 0.942. The first-order valence-electron chi connectivity index (χ1n) is 18.7. The second-order valence-electron chi connectivity index (χ2n) is 14.7. The highest BCUT2D eigenvalue weighted by Crippen LogP contribution is 2.65. The van der Waals surface area contributed by atoms with E-state index in [4.69, 9.17) is 4.98 Å². The van der Waals surface area contributed by atoms with E-state index in [0.717, 1.165) is 28.1 Å². The Balaban J connectivity index is 1.09. The summed E-state index contributed by atoms with van der Waals surface area (Å²) in [4.78, 5) is 5.10. The van der Waals surface area contributed by atoms with Gasteiger partial charge in [-0.25, -0.2) is 4.98 Å². The van der Waals surface area contributed by atoms with Crippen molar-refractivity contribution in [1.29, 1.82) is 0 Å². The van der Waals surface area contributed by atoms with Gasteiger partial charge in [-0.3, -0.25) is 4.57 Å². The summed E-state index contributed by atoms with van der Waals surface area (Å²) in [5.41, 5.74) is 17.0. The molecular weight excluding hydrogens is 653 g/mol. The van der Waals surface area contributed by atoms with Crippen molar-refractivity contribution in [2.45, 2.75) is 5.41 Å². The molecule has 0 unspecified atom stereocenters. The van der Waals surface area contributed by atoms with Crippen molar-refractivity contribution in [2.75, 3.05) is 0 Å². The van der Waals surface area contributed by atoms with Gasteiger partial charge in [0.05, 0.1) is 16.4 Å². The Kier molecular flexibility index (Phi) is 6.01. The van der Waals surface area contributed by atoms with Gasteiger partial charge in [-0.05, 0) is 108 Å². The Morgan fingerprint density at radius 2 is 1.00 bits per heavy atom. The number of fused-ring (bicyclic) bond motifs is 15. The quantitative estimate of drug-likeness (QED) is 0.181. The Morgan fingerprint density at radius 1 is 0.389 bits per heavy atom. The van der Waals surface area contributed by atoms with Crippen molar-refractivity contribution < 1.29 is 0 Å². The Hall–Kier alpha value is -7.03. The lowest BCUT2D eigenvalue weighted by atomic mass is 9.68. The van der Waals surface area contributed by atoms with E-state index in [0.29, 0.717) is 0 Å².